The van der Waals surface area contributed by atoms with Crippen molar-refractivity contribution >= 4 is 12.6 Å². The zero-order chi connectivity index (χ0) is 7.68. The van der Waals surface area contributed by atoms with Crippen molar-refractivity contribution in [2.75, 3.05) is 6.61 Å². The van der Waals surface area contributed by atoms with Crippen LogP contribution in [0.2, 0.25) is 0 Å². The number of hydrogen-bond donors (Lipinski definition) is 1. The average Bonchev–Trinajstić information content (AvgIpc) is 2.06. The molecule has 1 nitrogen and oxygen atoms in total. The van der Waals surface area contributed by atoms with Crippen LogP contribution in [0.3, 0.4) is 0 Å². The van der Waals surface area contributed by atoms with E-state index in [-0.39, 0.29) is 0 Å². The molecule has 1 unspecified atom stereocenters. The Balaban J connectivity index is 2.44. The van der Waals surface area contributed by atoms with Crippen LogP contribution in [0.4, 0.5) is 0 Å². The molecule has 1 aromatic rings. The molecule has 2 rings (SSSR count). The van der Waals surface area contributed by atoms with Crippen LogP contribution in [0.15, 0.2) is 24.3 Å². The van der Waals surface area contributed by atoms with Crippen molar-refractivity contribution in [1.29, 1.82) is 0 Å². The third-order valence-corrected chi connectivity index (χ3v) is 2.46. The fraction of sp³-hybridized carbons (Fsp3) is 0.333. The van der Waals surface area contributed by atoms with Crippen LogP contribution in [0.1, 0.15) is 17.2 Å². The van der Waals surface area contributed by atoms with Crippen LogP contribution in [0.25, 0.3) is 0 Å². The van der Waals surface area contributed by atoms with Gasteiger partial charge < -0.3 is 4.74 Å². The summed E-state index contributed by atoms with van der Waals surface area (Å²) in [4.78, 5) is 0. The van der Waals surface area contributed by atoms with Gasteiger partial charge in [0.1, 0.15) is 5.75 Å². The molecular formula is C9H10OS. The second-order valence-corrected chi connectivity index (χ2v) is 3.31. The van der Waals surface area contributed by atoms with Gasteiger partial charge in [-0.15, -0.1) is 0 Å². The molecule has 0 spiro atoms. The number of rotatable bonds is 0. The monoisotopic (exact) mass is 166 g/mol. The van der Waals surface area contributed by atoms with Crippen molar-refractivity contribution in [3.63, 3.8) is 0 Å². The molecule has 0 aromatic heterocycles. The van der Waals surface area contributed by atoms with E-state index >= 15 is 0 Å². The number of thiol groups is 1. The van der Waals surface area contributed by atoms with E-state index in [1.165, 1.54) is 5.56 Å². The molecule has 2 heteroatoms. The van der Waals surface area contributed by atoms with Gasteiger partial charge >= 0.3 is 0 Å². The summed E-state index contributed by atoms with van der Waals surface area (Å²) in [5.74, 6) is 0.999. The lowest BCUT2D eigenvalue weighted by Crippen LogP contribution is -2.09. The van der Waals surface area contributed by atoms with Gasteiger partial charge in [0.25, 0.3) is 0 Å². The van der Waals surface area contributed by atoms with Gasteiger partial charge in [0.15, 0.2) is 0 Å². The van der Waals surface area contributed by atoms with E-state index in [1.807, 2.05) is 18.2 Å². The van der Waals surface area contributed by atoms with E-state index in [9.17, 15) is 0 Å². The van der Waals surface area contributed by atoms with Crippen LogP contribution in [-0.2, 0) is 0 Å². The molecule has 0 N–H and O–H groups in total. The normalized spacial score (nSPS) is 22.1. The van der Waals surface area contributed by atoms with Crippen LogP contribution in [0.5, 0.6) is 5.75 Å². The van der Waals surface area contributed by atoms with Gasteiger partial charge in [-0.1, -0.05) is 18.2 Å². The van der Waals surface area contributed by atoms with Gasteiger partial charge in [-0.2, -0.15) is 12.6 Å². The molecule has 0 bridgehead atoms. The Morgan fingerprint density at radius 3 is 3.00 bits per heavy atom. The molecule has 1 atom stereocenters. The highest BCUT2D eigenvalue weighted by Gasteiger charge is 2.16. The van der Waals surface area contributed by atoms with Gasteiger partial charge in [-0.25, -0.2) is 0 Å². The molecule has 11 heavy (non-hydrogen) atoms. The lowest BCUT2D eigenvalue weighted by molar-refractivity contribution is 0.287. The summed E-state index contributed by atoms with van der Waals surface area (Å²) in [7, 11) is 0. The van der Waals surface area contributed by atoms with E-state index < -0.39 is 0 Å². The molecule has 1 aliphatic heterocycles. The SMILES string of the molecule is SC1CCOc2ccccc21. The highest BCUT2D eigenvalue weighted by Crippen LogP contribution is 2.35. The molecule has 0 aliphatic carbocycles. The van der Waals surface area contributed by atoms with Gasteiger partial charge in [0.2, 0.25) is 0 Å². The summed E-state index contributed by atoms with van der Waals surface area (Å²) in [5, 5.41) is 0.361. The molecular weight excluding hydrogens is 156 g/mol. The third-order valence-electron chi connectivity index (χ3n) is 1.93. The fourth-order valence-corrected chi connectivity index (χ4v) is 1.64. The maximum atomic E-state index is 5.44. The number of fused-ring (bicyclic) bond motifs is 1. The summed E-state index contributed by atoms with van der Waals surface area (Å²) in [6, 6.07) is 8.09. The van der Waals surface area contributed by atoms with Crippen LogP contribution < -0.4 is 4.74 Å². The first-order chi connectivity index (χ1) is 5.38. The zero-order valence-electron chi connectivity index (χ0n) is 6.16. The highest BCUT2D eigenvalue weighted by molar-refractivity contribution is 7.80. The molecule has 58 valence electrons. The first-order valence-electron chi connectivity index (χ1n) is 3.78. The predicted molar refractivity (Wildman–Crippen MR) is 48.3 cm³/mol. The van der Waals surface area contributed by atoms with Crippen molar-refractivity contribution in [1.82, 2.24) is 0 Å². The second kappa shape index (κ2) is 2.78. The summed E-state index contributed by atoms with van der Waals surface area (Å²) in [6.07, 6.45) is 1.01. The zero-order valence-corrected chi connectivity index (χ0v) is 7.05. The van der Waals surface area contributed by atoms with E-state index in [0.29, 0.717) is 5.25 Å². The smallest absolute Gasteiger partial charge is 0.123 e. The number of ether oxygens (including phenoxy) is 1. The Labute approximate surface area is 71.8 Å². The standard InChI is InChI=1S/C9H10OS/c11-9-5-6-10-8-4-2-1-3-7(8)9/h1-4,9,11H,5-6H2. The molecule has 0 saturated carbocycles. The minimum atomic E-state index is 0.361. The Kier molecular flexibility index (Phi) is 1.78. The molecule has 1 heterocycles. The molecule has 1 aromatic carbocycles. The topological polar surface area (TPSA) is 9.23 Å². The molecule has 0 radical (unpaired) electrons. The van der Waals surface area contributed by atoms with Crippen molar-refractivity contribution in [3.05, 3.63) is 29.8 Å². The van der Waals surface area contributed by atoms with Gasteiger partial charge in [0.05, 0.1) is 6.61 Å². The van der Waals surface area contributed by atoms with Gasteiger partial charge in [-0.3, -0.25) is 0 Å². The van der Waals surface area contributed by atoms with Crippen molar-refractivity contribution in [2.24, 2.45) is 0 Å². The van der Waals surface area contributed by atoms with E-state index in [0.717, 1.165) is 18.8 Å². The van der Waals surface area contributed by atoms with Crippen molar-refractivity contribution in [2.45, 2.75) is 11.7 Å². The Morgan fingerprint density at radius 2 is 2.18 bits per heavy atom. The predicted octanol–water partition coefficient (Wildman–Crippen LogP) is 2.44. The lowest BCUT2D eigenvalue weighted by atomic mass is 10.1. The van der Waals surface area contributed by atoms with Crippen molar-refractivity contribution in [3.8, 4) is 5.75 Å². The Hall–Kier alpha value is -0.630. The molecule has 0 amide bonds. The summed E-state index contributed by atoms with van der Waals surface area (Å²) < 4.78 is 5.44. The average molecular weight is 166 g/mol. The molecule has 0 saturated heterocycles. The number of hydrogen-bond acceptors (Lipinski definition) is 2. The third kappa shape index (κ3) is 1.23. The molecule has 0 fully saturated rings. The number of para-hydroxylation sites is 1. The highest BCUT2D eigenvalue weighted by atomic mass is 32.1. The van der Waals surface area contributed by atoms with E-state index in [4.69, 9.17) is 4.74 Å². The van der Waals surface area contributed by atoms with Crippen LogP contribution >= 0.6 is 12.6 Å². The lowest BCUT2D eigenvalue weighted by Gasteiger charge is -2.21. The largest absolute Gasteiger partial charge is 0.493 e. The second-order valence-electron chi connectivity index (χ2n) is 2.69. The first-order valence-corrected chi connectivity index (χ1v) is 4.29. The van der Waals surface area contributed by atoms with E-state index in [2.05, 4.69) is 18.7 Å². The minimum Gasteiger partial charge on any atom is -0.493 e. The summed E-state index contributed by atoms with van der Waals surface area (Å²) in [5.41, 5.74) is 1.22. The Bertz CT molecular complexity index is 259. The maximum absolute atomic E-state index is 5.44. The van der Waals surface area contributed by atoms with Crippen molar-refractivity contribution < 1.29 is 4.74 Å². The fourth-order valence-electron chi connectivity index (χ4n) is 1.32. The molecule has 1 aliphatic rings. The Morgan fingerprint density at radius 1 is 1.36 bits per heavy atom. The maximum Gasteiger partial charge on any atom is 0.123 e. The van der Waals surface area contributed by atoms with Crippen LogP contribution in [0, 0.1) is 0 Å². The summed E-state index contributed by atoms with van der Waals surface area (Å²) >= 11 is 4.46. The van der Waals surface area contributed by atoms with Gasteiger partial charge in [-0.05, 0) is 12.5 Å². The van der Waals surface area contributed by atoms with Crippen LogP contribution in [-0.4, -0.2) is 6.61 Å². The quantitative estimate of drug-likeness (QED) is 0.582. The van der Waals surface area contributed by atoms with Gasteiger partial charge in [0, 0.05) is 10.8 Å². The summed E-state index contributed by atoms with van der Waals surface area (Å²) in [6.45, 7) is 0.797. The minimum absolute atomic E-state index is 0.361. The van der Waals surface area contributed by atoms with E-state index in [1.54, 1.807) is 0 Å². The number of benzene rings is 1. The first kappa shape index (κ1) is 7.04.